The van der Waals surface area contributed by atoms with Crippen LogP contribution < -0.4 is 5.32 Å². The Hall–Kier alpha value is -1.43. The molecule has 6 heteroatoms. The van der Waals surface area contributed by atoms with Crippen molar-refractivity contribution < 1.29 is 9.53 Å². The zero-order valence-electron chi connectivity index (χ0n) is 12.7. The van der Waals surface area contributed by atoms with Gasteiger partial charge in [0.05, 0.1) is 6.10 Å². The minimum Gasteiger partial charge on any atom is -0.377 e. The number of nitrogens with one attached hydrogen (secondary N) is 1. The second-order valence-corrected chi connectivity index (χ2v) is 6.50. The van der Waals surface area contributed by atoms with Crippen molar-refractivity contribution in [1.29, 1.82) is 0 Å². The Morgan fingerprint density at radius 3 is 2.90 bits per heavy atom. The highest BCUT2D eigenvalue weighted by Crippen LogP contribution is 2.34. The van der Waals surface area contributed by atoms with Gasteiger partial charge >= 0.3 is 0 Å². The SMILES string of the molecule is C[C@H](C(=O)NC[C@H]1CCO[C@@H]1C(C)(C)C)n1cncn1. The summed E-state index contributed by atoms with van der Waals surface area (Å²) < 4.78 is 7.37. The molecule has 1 N–H and O–H groups in total. The molecule has 1 amide bonds. The Bertz CT molecular complexity index is 439. The standard InChI is InChI=1S/C14H24N4O2/c1-10(18-9-15-8-17-18)13(19)16-7-11-5-6-20-12(11)14(2,3)4/h8-12H,5-7H2,1-4H3,(H,16,19)/t10-,11-,12+/m1/s1. The smallest absolute Gasteiger partial charge is 0.244 e. The zero-order valence-corrected chi connectivity index (χ0v) is 12.7. The van der Waals surface area contributed by atoms with Gasteiger partial charge in [-0.05, 0) is 18.8 Å². The van der Waals surface area contributed by atoms with Gasteiger partial charge in [-0.2, -0.15) is 5.10 Å². The van der Waals surface area contributed by atoms with Gasteiger partial charge in [-0.25, -0.2) is 9.67 Å². The molecule has 1 aliphatic rings. The van der Waals surface area contributed by atoms with Crippen molar-refractivity contribution >= 4 is 5.91 Å². The number of hydrogen-bond acceptors (Lipinski definition) is 4. The minimum absolute atomic E-state index is 0.0324. The number of nitrogens with zero attached hydrogens (tertiary/aromatic N) is 3. The Morgan fingerprint density at radius 2 is 2.30 bits per heavy atom. The van der Waals surface area contributed by atoms with E-state index in [1.807, 2.05) is 6.92 Å². The second-order valence-electron chi connectivity index (χ2n) is 6.50. The maximum atomic E-state index is 12.1. The molecule has 0 bridgehead atoms. The van der Waals surface area contributed by atoms with Gasteiger partial charge < -0.3 is 10.1 Å². The quantitative estimate of drug-likeness (QED) is 0.905. The average Bonchev–Trinajstić information content (AvgIpc) is 3.04. The summed E-state index contributed by atoms with van der Waals surface area (Å²) in [7, 11) is 0. The van der Waals surface area contributed by atoms with Crippen LogP contribution in [0.1, 0.15) is 40.2 Å². The fourth-order valence-corrected chi connectivity index (χ4v) is 2.72. The molecule has 0 saturated carbocycles. The topological polar surface area (TPSA) is 69.0 Å². The van der Waals surface area contributed by atoms with Crippen LogP contribution in [-0.4, -0.2) is 39.9 Å². The van der Waals surface area contributed by atoms with Crippen LogP contribution in [-0.2, 0) is 9.53 Å². The van der Waals surface area contributed by atoms with Crippen LogP contribution in [0.4, 0.5) is 0 Å². The third-order valence-corrected chi connectivity index (χ3v) is 3.82. The van der Waals surface area contributed by atoms with Crippen LogP contribution in [0.15, 0.2) is 12.7 Å². The van der Waals surface area contributed by atoms with Crippen molar-refractivity contribution in [2.45, 2.75) is 46.3 Å². The number of amides is 1. The first-order chi connectivity index (χ1) is 9.39. The van der Waals surface area contributed by atoms with Gasteiger partial charge in [0.15, 0.2) is 0 Å². The highest BCUT2D eigenvalue weighted by Gasteiger charge is 2.37. The maximum absolute atomic E-state index is 12.1. The van der Waals surface area contributed by atoms with Gasteiger partial charge in [0.2, 0.25) is 5.91 Å². The van der Waals surface area contributed by atoms with Crippen LogP contribution in [0, 0.1) is 11.3 Å². The Labute approximate surface area is 119 Å². The van der Waals surface area contributed by atoms with Gasteiger partial charge in [-0.1, -0.05) is 20.8 Å². The molecule has 0 unspecified atom stereocenters. The van der Waals surface area contributed by atoms with Crippen LogP contribution >= 0.6 is 0 Å². The lowest BCUT2D eigenvalue weighted by Gasteiger charge is -2.31. The highest BCUT2D eigenvalue weighted by molar-refractivity contribution is 5.79. The van der Waals surface area contributed by atoms with E-state index in [1.165, 1.54) is 6.33 Å². The third kappa shape index (κ3) is 3.36. The summed E-state index contributed by atoms with van der Waals surface area (Å²) in [6, 6.07) is -0.340. The molecule has 1 aliphatic heterocycles. The molecule has 1 saturated heterocycles. The van der Waals surface area contributed by atoms with E-state index < -0.39 is 0 Å². The second kappa shape index (κ2) is 5.91. The summed E-state index contributed by atoms with van der Waals surface area (Å²) in [5.41, 5.74) is 0.101. The average molecular weight is 280 g/mol. The molecule has 3 atom stereocenters. The first-order valence-electron chi connectivity index (χ1n) is 7.13. The normalized spacial score (nSPS) is 24.6. The summed E-state index contributed by atoms with van der Waals surface area (Å²) in [5.74, 6) is 0.344. The molecule has 20 heavy (non-hydrogen) atoms. The molecule has 112 valence electrons. The van der Waals surface area contributed by atoms with E-state index in [2.05, 4.69) is 36.2 Å². The molecule has 1 aromatic heterocycles. The minimum atomic E-state index is -0.340. The summed E-state index contributed by atoms with van der Waals surface area (Å²) in [6.07, 6.45) is 4.19. The van der Waals surface area contributed by atoms with Gasteiger partial charge in [-0.3, -0.25) is 4.79 Å². The molecule has 0 aromatic carbocycles. The fourth-order valence-electron chi connectivity index (χ4n) is 2.72. The first-order valence-corrected chi connectivity index (χ1v) is 7.13. The van der Waals surface area contributed by atoms with Crippen LogP contribution in [0.5, 0.6) is 0 Å². The number of ether oxygens (including phenoxy) is 1. The predicted molar refractivity (Wildman–Crippen MR) is 75.0 cm³/mol. The van der Waals surface area contributed by atoms with E-state index in [1.54, 1.807) is 11.0 Å². The lowest BCUT2D eigenvalue weighted by atomic mass is 9.81. The fraction of sp³-hybridized carbons (Fsp3) is 0.786. The molecule has 2 heterocycles. The zero-order chi connectivity index (χ0) is 14.8. The lowest BCUT2D eigenvalue weighted by Crippen LogP contribution is -2.40. The monoisotopic (exact) mass is 280 g/mol. The molecule has 1 aromatic rings. The van der Waals surface area contributed by atoms with Crippen molar-refractivity contribution in [1.82, 2.24) is 20.1 Å². The Balaban J connectivity index is 1.87. The molecular formula is C14H24N4O2. The van der Waals surface area contributed by atoms with Crippen LogP contribution in [0.25, 0.3) is 0 Å². The molecule has 0 spiro atoms. The number of aromatic nitrogens is 3. The molecule has 0 aliphatic carbocycles. The molecule has 6 nitrogen and oxygen atoms in total. The van der Waals surface area contributed by atoms with Crippen molar-refractivity contribution in [2.24, 2.45) is 11.3 Å². The molecule has 0 radical (unpaired) electrons. The van der Waals surface area contributed by atoms with Crippen LogP contribution in [0.2, 0.25) is 0 Å². The molecular weight excluding hydrogens is 256 g/mol. The summed E-state index contributed by atoms with van der Waals surface area (Å²) >= 11 is 0. The Kier molecular flexibility index (Phi) is 4.42. The molecule has 1 fully saturated rings. The molecule has 2 rings (SSSR count). The van der Waals surface area contributed by atoms with E-state index in [-0.39, 0.29) is 23.5 Å². The van der Waals surface area contributed by atoms with E-state index in [9.17, 15) is 4.79 Å². The van der Waals surface area contributed by atoms with Gasteiger partial charge in [0, 0.05) is 19.1 Å². The summed E-state index contributed by atoms with van der Waals surface area (Å²) in [4.78, 5) is 16.0. The predicted octanol–water partition coefficient (Wildman–Crippen LogP) is 1.41. The van der Waals surface area contributed by atoms with Crippen molar-refractivity contribution in [3.63, 3.8) is 0 Å². The van der Waals surface area contributed by atoms with Crippen molar-refractivity contribution in [3.8, 4) is 0 Å². The van der Waals surface area contributed by atoms with E-state index >= 15 is 0 Å². The van der Waals surface area contributed by atoms with Crippen molar-refractivity contribution in [3.05, 3.63) is 12.7 Å². The third-order valence-electron chi connectivity index (χ3n) is 3.82. The summed E-state index contributed by atoms with van der Waals surface area (Å²) in [6.45, 7) is 9.78. The van der Waals surface area contributed by atoms with E-state index in [0.717, 1.165) is 13.0 Å². The summed E-state index contributed by atoms with van der Waals surface area (Å²) in [5, 5.41) is 7.00. The van der Waals surface area contributed by atoms with E-state index in [0.29, 0.717) is 12.5 Å². The lowest BCUT2D eigenvalue weighted by molar-refractivity contribution is -0.124. The van der Waals surface area contributed by atoms with Gasteiger partial charge in [-0.15, -0.1) is 0 Å². The number of carbonyl (C=O) groups is 1. The number of carbonyl (C=O) groups excluding carboxylic acids is 1. The largest absolute Gasteiger partial charge is 0.377 e. The van der Waals surface area contributed by atoms with Crippen LogP contribution in [0.3, 0.4) is 0 Å². The number of rotatable bonds is 4. The van der Waals surface area contributed by atoms with Gasteiger partial charge in [0.25, 0.3) is 0 Å². The highest BCUT2D eigenvalue weighted by atomic mass is 16.5. The Morgan fingerprint density at radius 1 is 1.55 bits per heavy atom. The van der Waals surface area contributed by atoms with E-state index in [4.69, 9.17) is 4.74 Å². The van der Waals surface area contributed by atoms with Gasteiger partial charge in [0.1, 0.15) is 18.7 Å². The first kappa shape index (κ1) is 15.0. The van der Waals surface area contributed by atoms with Crippen molar-refractivity contribution in [2.75, 3.05) is 13.2 Å². The number of hydrogen-bond donors (Lipinski definition) is 1. The maximum Gasteiger partial charge on any atom is 0.244 e.